The van der Waals surface area contributed by atoms with Crippen molar-refractivity contribution in [2.45, 2.75) is 20.3 Å². The lowest BCUT2D eigenvalue weighted by atomic mass is 10.0. The van der Waals surface area contributed by atoms with Gasteiger partial charge in [-0.1, -0.05) is 13.8 Å². The molecule has 0 aliphatic rings. The molecule has 3 nitrogen and oxygen atoms in total. The van der Waals surface area contributed by atoms with Crippen LogP contribution in [0.2, 0.25) is 0 Å². The van der Waals surface area contributed by atoms with Gasteiger partial charge in [0.25, 0.3) is 0 Å². The molecule has 0 aromatic carbocycles. The van der Waals surface area contributed by atoms with Crippen LogP contribution in [0, 0.1) is 11.3 Å². The minimum absolute atomic E-state index is 0.0182. The second-order valence-electron chi connectivity index (χ2n) is 3.25. The van der Waals surface area contributed by atoms with Gasteiger partial charge < -0.3 is 9.83 Å². The molecule has 0 aliphatic carbocycles. The van der Waals surface area contributed by atoms with Crippen LogP contribution in [-0.4, -0.2) is 11.5 Å². The molecular formula is C10H13NO2. The van der Waals surface area contributed by atoms with Crippen molar-refractivity contribution >= 4 is 11.5 Å². The summed E-state index contributed by atoms with van der Waals surface area (Å²) in [5, 5.41) is 7.56. The van der Waals surface area contributed by atoms with Crippen molar-refractivity contribution in [1.29, 1.82) is 5.41 Å². The smallest absolute Gasteiger partial charge is 0.147 e. The number of Topliss-reactive ketones (excluding diaryl/α,β-unsaturated/α-hetero) is 1. The van der Waals surface area contributed by atoms with Crippen LogP contribution >= 0.6 is 0 Å². The van der Waals surface area contributed by atoms with E-state index in [4.69, 9.17) is 9.83 Å². The Bertz CT molecular complexity index is 299. The molecule has 1 aromatic rings. The highest BCUT2D eigenvalue weighted by Gasteiger charge is 2.12. The van der Waals surface area contributed by atoms with Gasteiger partial charge in [-0.15, -0.1) is 0 Å². The van der Waals surface area contributed by atoms with Gasteiger partial charge in [0.1, 0.15) is 11.5 Å². The lowest BCUT2D eigenvalue weighted by Gasteiger charge is -2.02. The first-order valence-corrected chi connectivity index (χ1v) is 4.25. The summed E-state index contributed by atoms with van der Waals surface area (Å²) in [6, 6.07) is 3.40. The molecule has 1 aromatic heterocycles. The molecular weight excluding hydrogens is 166 g/mol. The van der Waals surface area contributed by atoms with Crippen LogP contribution in [0.15, 0.2) is 22.8 Å². The van der Waals surface area contributed by atoms with Crippen LogP contribution in [0.4, 0.5) is 0 Å². The van der Waals surface area contributed by atoms with Crippen molar-refractivity contribution in [2.75, 3.05) is 0 Å². The predicted molar refractivity (Wildman–Crippen MR) is 50.0 cm³/mol. The fraction of sp³-hybridized carbons (Fsp3) is 0.400. The third kappa shape index (κ3) is 2.54. The normalized spacial score (nSPS) is 10.4. The summed E-state index contributed by atoms with van der Waals surface area (Å²) in [4.78, 5) is 11.3. The highest BCUT2D eigenvalue weighted by Crippen LogP contribution is 2.07. The van der Waals surface area contributed by atoms with Gasteiger partial charge in [0.2, 0.25) is 0 Å². The molecule has 0 saturated heterocycles. The van der Waals surface area contributed by atoms with Crippen molar-refractivity contribution in [2.24, 2.45) is 5.92 Å². The number of ketones is 1. The van der Waals surface area contributed by atoms with Gasteiger partial charge in [0, 0.05) is 5.92 Å². The maximum Gasteiger partial charge on any atom is 0.147 e. The van der Waals surface area contributed by atoms with E-state index in [9.17, 15) is 4.79 Å². The molecule has 13 heavy (non-hydrogen) atoms. The van der Waals surface area contributed by atoms with Gasteiger partial charge in [0.05, 0.1) is 18.4 Å². The van der Waals surface area contributed by atoms with Crippen molar-refractivity contribution in [3.63, 3.8) is 0 Å². The Kier molecular flexibility index (Phi) is 3.01. The molecule has 0 saturated carbocycles. The first-order chi connectivity index (χ1) is 6.11. The first-order valence-electron chi connectivity index (χ1n) is 4.25. The Hall–Kier alpha value is -1.38. The van der Waals surface area contributed by atoms with Crippen molar-refractivity contribution in [3.8, 4) is 0 Å². The maximum absolute atomic E-state index is 11.3. The third-order valence-electron chi connectivity index (χ3n) is 1.81. The molecule has 0 atom stereocenters. The molecule has 1 heterocycles. The van der Waals surface area contributed by atoms with Crippen LogP contribution in [0.1, 0.15) is 26.0 Å². The molecule has 0 amide bonds. The summed E-state index contributed by atoms with van der Waals surface area (Å²) in [5.74, 6) is 0.533. The predicted octanol–water partition coefficient (Wildman–Crippen LogP) is 2.26. The molecule has 0 aliphatic heterocycles. The molecule has 3 heteroatoms. The summed E-state index contributed by atoms with van der Waals surface area (Å²) in [5.41, 5.74) is 0.253. The summed E-state index contributed by atoms with van der Waals surface area (Å²) in [7, 11) is 0. The minimum atomic E-state index is -0.0182. The summed E-state index contributed by atoms with van der Waals surface area (Å²) in [6.07, 6.45) is 1.66. The standard InChI is InChI=1S/C10H13NO2/c1-7(2)9(12)6-8(11)10-4-3-5-13-10/h3-5,7,11H,6H2,1-2H3. The highest BCUT2D eigenvalue weighted by molar-refractivity contribution is 6.08. The van der Waals surface area contributed by atoms with Gasteiger partial charge >= 0.3 is 0 Å². The second kappa shape index (κ2) is 4.03. The highest BCUT2D eigenvalue weighted by atomic mass is 16.3. The van der Waals surface area contributed by atoms with Gasteiger partial charge in [0.15, 0.2) is 0 Å². The topological polar surface area (TPSA) is 54.1 Å². The monoisotopic (exact) mass is 179 g/mol. The van der Waals surface area contributed by atoms with Crippen LogP contribution in [0.25, 0.3) is 0 Å². The van der Waals surface area contributed by atoms with E-state index in [0.717, 1.165) is 0 Å². The zero-order chi connectivity index (χ0) is 9.84. The van der Waals surface area contributed by atoms with Gasteiger partial charge in [-0.05, 0) is 12.1 Å². The number of carbonyl (C=O) groups excluding carboxylic acids is 1. The Morgan fingerprint density at radius 3 is 2.77 bits per heavy atom. The Morgan fingerprint density at radius 1 is 1.62 bits per heavy atom. The number of furan rings is 1. The summed E-state index contributed by atoms with van der Waals surface area (Å²) >= 11 is 0. The quantitative estimate of drug-likeness (QED) is 0.721. The zero-order valence-corrected chi connectivity index (χ0v) is 7.83. The Balaban J connectivity index is 2.57. The average molecular weight is 179 g/mol. The van der Waals surface area contributed by atoms with E-state index in [1.54, 1.807) is 12.1 Å². The average Bonchev–Trinajstić information content (AvgIpc) is 2.55. The molecule has 0 unspecified atom stereocenters. The second-order valence-corrected chi connectivity index (χ2v) is 3.25. The number of nitrogens with one attached hydrogen (secondary N) is 1. The minimum Gasteiger partial charge on any atom is -0.463 e. The van der Waals surface area contributed by atoms with Crippen molar-refractivity contribution in [3.05, 3.63) is 24.2 Å². The summed E-state index contributed by atoms with van der Waals surface area (Å²) in [6.45, 7) is 3.66. The number of hydrogen-bond acceptors (Lipinski definition) is 3. The van der Waals surface area contributed by atoms with E-state index in [0.29, 0.717) is 5.76 Å². The van der Waals surface area contributed by atoms with Crippen molar-refractivity contribution in [1.82, 2.24) is 0 Å². The zero-order valence-electron chi connectivity index (χ0n) is 7.83. The lowest BCUT2D eigenvalue weighted by molar-refractivity contribution is -0.120. The molecule has 70 valence electrons. The molecule has 1 rings (SSSR count). The Morgan fingerprint density at radius 2 is 2.31 bits per heavy atom. The van der Waals surface area contributed by atoms with E-state index >= 15 is 0 Å². The Labute approximate surface area is 77.3 Å². The van der Waals surface area contributed by atoms with E-state index < -0.39 is 0 Å². The summed E-state index contributed by atoms with van der Waals surface area (Å²) < 4.78 is 5.00. The molecule has 0 spiro atoms. The van der Waals surface area contributed by atoms with Crippen LogP contribution in [0.3, 0.4) is 0 Å². The van der Waals surface area contributed by atoms with Crippen molar-refractivity contribution < 1.29 is 9.21 Å². The number of rotatable bonds is 4. The fourth-order valence-electron chi connectivity index (χ4n) is 0.916. The lowest BCUT2D eigenvalue weighted by Crippen LogP contribution is -2.12. The largest absolute Gasteiger partial charge is 0.463 e. The molecule has 0 fully saturated rings. The van der Waals surface area contributed by atoms with Gasteiger partial charge in [-0.3, -0.25) is 4.79 Å². The molecule has 1 N–H and O–H groups in total. The van der Waals surface area contributed by atoms with Gasteiger partial charge in [-0.25, -0.2) is 0 Å². The first kappa shape index (κ1) is 9.71. The van der Waals surface area contributed by atoms with Crippen LogP contribution in [-0.2, 0) is 4.79 Å². The third-order valence-corrected chi connectivity index (χ3v) is 1.81. The van der Waals surface area contributed by atoms with E-state index in [-0.39, 0.29) is 23.8 Å². The molecule has 0 radical (unpaired) electrons. The van der Waals surface area contributed by atoms with E-state index in [2.05, 4.69) is 0 Å². The van der Waals surface area contributed by atoms with E-state index in [1.165, 1.54) is 6.26 Å². The van der Waals surface area contributed by atoms with Crippen LogP contribution in [0.5, 0.6) is 0 Å². The van der Waals surface area contributed by atoms with Crippen LogP contribution < -0.4 is 0 Å². The van der Waals surface area contributed by atoms with Gasteiger partial charge in [-0.2, -0.15) is 0 Å². The number of carbonyl (C=O) groups is 1. The SMILES string of the molecule is CC(C)C(=O)CC(=N)c1ccco1. The van der Waals surface area contributed by atoms with E-state index in [1.807, 2.05) is 13.8 Å². The maximum atomic E-state index is 11.3. The molecule has 0 bridgehead atoms. The fourth-order valence-corrected chi connectivity index (χ4v) is 0.916. The number of hydrogen-bond donors (Lipinski definition) is 1.